The Balaban J connectivity index is 2.09. The Morgan fingerprint density at radius 2 is 1.81 bits per heavy atom. The van der Waals surface area contributed by atoms with E-state index in [1.54, 1.807) is 28.0 Å². The molecule has 1 aliphatic rings. The van der Waals surface area contributed by atoms with Crippen LogP contribution in [0.2, 0.25) is 5.02 Å². The van der Waals surface area contributed by atoms with Crippen LogP contribution in [-0.2, 0) is 4.79 Å². The molecule has 0 atom stereocenters. The molecule has 6 heteroatoms. The van der Waals surface area contributed by atoms with E-state index >= 15 is 0 Å². The molecule has 1 aromatic rings. The number of rotatable bonds is 3. The number of piperazine rings is 1. The van der Waals surface area contributed by atoms with Gasteiger partial charge in [0, 0.05) is 37.6 Å². The minimum absolute atomic E-state index is 0.113. The first kappa shape index (κ1) is 15.6. The molecular formula is C15H19ClN2O3. The Morgan fingerprint density at radius 1 is 1.19 bits per heavy atom. The lowest BCUT2D eigenvalue weighted by molar-refractivity contribution is -0.132. The van der Waals surface area contributed by atoms with Gasteiger partial charge in [0.25, 0.3) is 5.91 Å². The third kappa shape index (κ3) is 3.47. The second-order valence-electron chi connectivity index (χ2n) is 4.87. The first-order chi connectivity index (χ1) is 10.1. The van der Waals surface area contributed by atoms with Crippen molar-refractivity contribution in [2.45, 2.75) is 13.3 Å². The average Bonchev–Trinajstić information content (AvgIpc) is 2.53. The van der Waals surface area contributed by atoms with Crippen molar-refractivity contribution in [3.63, 3.8) is 0 Å². The second-order valence-corrected chi connectivity index (χ2v) is 5.31. The number of nitrogens with zero attached hydrogens (tertiary/aromatic N) is 2. The van der Waals surface area contributed by atoms with Crippen molar-refractivity contribution in [2.75, 3.05) is 33.3 Å². The van der Waals surface area contributed by atoms with Gasteiger partial charge in [-0.1, -0.05) is 18.5 Å². The molecule has 1 aromatic carbocycles. The van der Waals surface area contributed by atoms with Gasteiger partial charge in [0.1, 0.15) is 5.75 Å². The molecule has 1 saturated heterocycles. The summed E-state index contributed by atoms with van der Waals surface area (Å²) in [5, 5.41) is 0.499. The number of benzene rings is 1. The Hall–Kier alpha value is -1.75. The SMILES string of the molecule is CCC(=O)N1CCN(C(=O)c2cc(Cl)ccc2OC)CC1. The van der Waals surface area contributed by atoms with Gasteiger partial charge >= 0.3 is 0 Å². The molecule has 0 bridgehead atoms. The summed E-state index contributed by atoms with van der Waals surface area (Å²) in [5.74, 6) is 0.525. The van der Waals surface area contributed by atoms with Gasteiger partial charge in [-0.2, -0.15) is 0 Å². The van der Waals surface area contributed by atoms with Crippen molar-refractivity contribution >= 4 is 23.4 Å². The van der Waals surface area contributed by atoms with E-state index in [1.165, 1.54) is 7.11 Å². The number of hydrogen-bond donors (Lipinski definition) is 0. The van der Waals surface area contributed by atoms with Crippen LogP contribution in [0.15, 0.2) is 18.2 Å². The molecular weight excluding hydrogens is 292 g/mol. The predicted octanol–water partition coefficient (Wildman–Crippen LogP) is 2.04. The lowest BCUT2D eigenvalue weighted by atomic mass is 10.1. The van der Waals surface area contributed by atoms with Crippen LogP contribution in [0.25, 0.3) is 0 Å². The third-order valence-electron chi connectivity index (χ3n) is 3.61. The van der Waals surface area contributed by atoms with Crippen LogP contribution in [0.4, 0.5) is 0 Å². The molecule has 2 amide bonds. The molecule has 114 valence electrons. The highest BCUT2D eigenvalue weighted by Crippen LogP contribution is 2.24. The molecule has 0 aromatic heterocycles. The predicted molar refractivity (Wildman–Crippen MR) is 80.8 cm³/mol. The summed E-state index contributed by atoms with van der Waals surface area (Å²) < 4.78 is 5.22. The maximum atomic E-state index is 12.6. The van der Waals surface area contributed by atoms with Gasteiger partial charge in [0.2, 0.25) is 5.91 Å². The molecule has 0 saturated carbocycles. The Labute approximate surface area is 129 Å². The zero-order valence-electron chi connectivity index (χ0n) is 12.3. The zero-order valence-corrected chi connectivity index (χ0v) is 13.0. The van der Waals surface area contributed by atoms with Crippen LogP contribution in [0.5, 0.6) is 5.75 Å². The van der Waals surface area contributed by atoms with Crippen LogP contribution in [0, 0.1) is 0 Å². The van der Waals surface area contributed by atoms with Crippen molar-refractivity contribution in [3.8, 4) is 5.75 Å². The van der Waals surface area contributed by atoms with E-state index in [-0.39, 0.29) is 11.8 Å². The van der Waals surface area contributed by atoms with Crippen LogP contribution >= 0.6 is 11.6 Å². The minimum Gasteiger partial charge on any atom is -0.496 e. The summed E-state index contributed by atoms with van der Waals surface area (Å²) in [6.45, 7) is 4.04. The molecule has 0 N–H and O–H groups in total. The fourth-order valence-electron chi connectivity index (χ4n) is 2.40. The zero-order chi connectivity index (χ0) is 15.4. The molecule has 1 fully saturated rings. The summed E-state index contributed by atoms with van der Waals surface area (Å²) in [6, 6.07) is 4.99. The van der Waals surface area contributed by atoms with Crippen LogP contribution < -0.4 is 4.74 Å². The van der Waals surface area contributed by atoms with Gasteiger partial charge in [-0.05, 0) is 18.2 Å². The second kappa shape index (κ2) is 6.80. The fraction of sp³-hybridized carbons (Fsp3) is 0.467. The quantitative estimate of drug-likeness (QED) is 0.858. The minimum atomic E-state index is -0.113. The van der Waals surface area contributed by atoms with E-state index < -0.39 is 0 Å². The molecule has 2 rings (SSSR count). The van der Waals surface area contributed by atoms with Gasteiger partial charge in [0.05, 0.1) is 12.7 Å². The summed E-state index contributed by atoms with van der Waals surface area (Å²) >= 11 is 5.96. The maximum Gasteiger partial charge on any atom is 0.257 e. The van der Waals surface area contributed by atoms with Crippen LogP contribution in [0.1, 0.15) is 23.7 Å². The molecule has 21 heavy (non-hydrogen) atoms. The first-order valence-electron chi connectivity index (χ1n) is 6.97. The van der Waals surface area contributed by atoms with Crippen molar-refractivity contribution < 1.29 is 14.3 Å². The standard InChI is InChI=1S/C15H19ClN2O3/c1-3-14(19)17-6-8-18(9-7-17)15(20)12-10-11(16)4-5-13(12)21-2/h4-5,10H,3,6-9H2,1-2H3. The largest absolute Gasteiger partial charge is 0.496 e. The Bertz CT molecular complexity index is 540. The van der Waals surface area contributed by atoms with Gasteiger partial charge in [-0.15, -0.1) is 0 Å². The number of amides is 2. The molecule has 0 unspecified atom stereocenters. The molecule has 0 spiro atoms. The van der Waals surface area contributed by atoms with Gasteiger partial charge in [-0.25, -0.2) is 0 Å². The summed E-state index contributed by atoms with van der Waals surface area (Å²) in [6.07, 6.45) is 0.496. The summed E-state index contributed by atoms with van der Waals surface area (Å²) in [5.41, 5.74) is 0.459. The molecule has 0 aliphatic carbocycles. The number of methoxy groups -OCH3 is 1. The molecule has 5 nitrogen and oxygen atoms in total. The number of hydrogen-bond acceptors (Lipinski definition) is 3. The lowest BCUT2D eigenvalue weighted by Gasteiger charge is -2.34. The monoisotopic (exact) mass is 310 g/mol. The Kier molecular flexibility index (Phi) is 5.07. The van der Waals surface area contributed by atoms with Crippen molar-refractivity contribution in [2.24, 2.45) is 0 Å². The average molecular weight is 311 g/mol. The van der Waals surface area contributed by atoms with Crippen molar-refractivity contribution in [3.05, 3.63) is 28.8 Å². The number of halogens is 1. The van der Waals surface area contributed by atoms with E-state index in [9.17, 15) is 9.59 Å². The molecule has 0 radical (unpaired) electrons. The lowest BCUT2D eigenvalue weighted by Crippen LogP contribution is -2.50. The highest BCUT2D eigenvalue weighted by Gasteiger charge is 2.25. The summed E-state index contributed by atoms with van der Waals surface area (Å²) in [7, 11) is 1.53. The highest BCUT2D eigenvalue weighted by atomic mass is 35.5. The van der Waals surface area contributed by atoms with Gasteiger partial charge < -0.3 is 14.5 Å². The smallest absolute Gasteiger partial charge is 0.257 e. The summed E-state index contributed by atoms with van der Waals surface area (Å²) in [4.78, 5) is 27.7. The van der Waals surface area contributed by atoms with E-state index in [1.807, 2.05) is 6.92 Å². The third-order valence-corrected chi connectivity index (χ3v) is 3.85. The number of carbonyl (C=O) groups is 2. The van der Waals surface area contributed by atoms with Crippen LogP contribution in [-0.4, -0.2) is 54.9 Å². The number of ether oxygens (including phenoxy) is 1. The molecule has 1 aliphatic heterocycles. The number of carbonyl (C=O) groups excluding carboxylic acids is 2. The van der Waals surface area contributed by atoms with E-state index in [2.05, 4.69) is 0 Å². The topological polar surface area (TPSA) is 49.9 Å². The highest BCUT2D eigenvalue weighted by molar-refractivity contribution is 6.31. The molecule has 1 heterocycles. The van der Waals surface area contributed by atoms with Crippen molar-refractivity contribution in [1.82, 2.24) is 9.80 Å². The van der Waals surface area contributed by atoms with Gasteiger partial charge in [0.15, 0.2) is 0 Å². The van der Waals surface area contributed by atoms with Gasteiger partial charge in [-0.3, -0.25) is 9.59 Å². The van der Waals surface area contributed by atoms with Crippen molar-refractivity contribution in [1.29, 1.82) is 0 Å². The van der Waals surface area contributed by atoms with Crippen LogP contribution in [0.3, 0.4) is 0 Å². The maximum absolute atomic E-state index is 12.6. The Morgan fingerprint density at radius 3 is 2.38 bits per heavy atom. The first-order valence-corrected chi connectivity index (χ1v) is 7.35. The van der Waals surface area contributed by atoms with E-state index in [4.69, 9.17) is 16.3 Å². The normalized spacial score (nSPS) is 15.0. The van der Waals surface area contributed by atoms with E-state index in [0.717, 1.165) is 0 Å². The fourth-order valence-corrected chi connectivity index (χ4v) is 2.57. The van der Waals surface area contributed by atoms with E-state index in [0.29, 0.717) is 48.9 Å².